The first-order chi connectivity index (χ1) is 9.22. The molecule has 0 aliphatic carbocycles. The number of sulfonamides is 1. The van der Waals surface area contributed by atoms with Crippen LogP contribution in [-0.2, 0) is 17.1 Å². The molecule has 0 saturated heterocycles. The zero-order chi connectivity index (χ0) is 15.1. The smallest absolute Gasteiger partial charge is 0.267 e. The molecule has 108 valence electrons. The van der Waals surface area contributed by atoms with Crippen molar-refractivity contribution in [2.45, 2.75) is 11.8 Å². The van der Waals surface area contributed by atoms with Gasteiger partial charge in [0.15, 0.2) is 10.7 Å². The minimum atomic E-state index is -3.84. The van der Waals surface area contributed by atoms with Crippen molar-refractivity contribution in [2.75, 3.05) is 10.5 Å². The quantitative estimate of drug-likeness (QED) is 0.857. The highest BCUT2D eigenvalue weighted by Gasteiger charge is 2.25. The van der Waals surface area contributed by atoms with Crippen molar-refractivity contribution in [1.29, 1.82) is 0 Å². The predicted octanol–water partition coefficient (Wildman–Crippen LogP) is 2.53. The van der Waals surface area contributed by atoms with Gasteiger partial charge in [0.1, 0.15) is 0 Å². The molecule has 1 aromatic carbocycles. The third kappa shape index (κ3) is 2.77. The molecule has 0 unspecified atom stereocenters. The van der Waals surface area contributed by atoms with E-state index >= 15 is 0 Å². The summed E-state index contributed by atoms with van der Waals surface area (Å²) in [7, 11) is -2.22. The summed E-state index contributed by atoms with van der Waals surface area (Å²) < 4.78 is 29.3. The van der Waals surface area contributed by atoms with Crippen LogP contribution in [-0.4, -0.2) is 18.2 Å². The molecule has 0 radical (unpaired) electrons. The Morgan fingerprint density at radius 3 is 2.65 bits per heavy atom. The Kier molecular flexibility index (Phi) is 3.99. The fourth-order valence-electron chi connectivity index (χ4n) is 1.72. The summed E-state index contributed by atoms with van der Waals surface area (Å²) in [5.74, 6) is -0.0457. The van der Waals surface area contributed by atoms with Crippen molar-refractivity contribution in [3.8, 4) is 0 Å². The lowest BCUT2D eigenvalue weighted by Crippen LogP contribution is -2.15. The molecule has 0 saturated carbocycles. The Bertz CT molecular complexity index is 773. The molecule has 0 bridgehead atoms. The molecular weight excluding hydrogens is 368 g/mol. The fourth-order valence-corrected chi connectivity index (χ4v) is 3.76. The van der Waals surface area contributed by atoms with E-state index in [4.69, 9.17) is 17.3 Å². The van der Waals surface area contributed by atoms with Crippen LogP contribution in [0.2, 0.25) is 5.02 Å². The lowest BCUT2D eigenvalue weighted by molar-refractivity contribution is 0.600. The molecule has 0 atom stereocenters. The number of hydrogen-bond donors (Lipinski definition) is 2. The van der Waals surface area contributed by atoms with Gasteiger partial charge in [0.25, 0.3) is 10.0 Å². The largest absolute Gasteiger partial charge is 0.381 e. The molecule has 0 amide bonds. The maximum atomic E-state index is 12.4. The van der Waals surface area contributed by atoms with Gasteiger partial charge in [-0.1, -0.05) is 11.6 Å². The molecule has 0 spiro atoms. The van der Waals surface area contributed by atoms with E-state index in [-0.39, 0.29) is 10.7 Å². The Labute approximate surface area is 130 Å². The van der Waals surface area contributed by atoms with Crippen LogP contribution in [0, 0.1) is 6.92 Å². The lowest BCUT2D eigenvalue weighted by atomic mass is 10.3. The predicted molar refractivity (Wildman–Crippen MR) is 82.3 cm³/mol. The molecule has 20 heavy (non-hydrogen) atoms. The van der Waals surface area contributed by atoms with Gasteiger partial charge < -0.3 is 5.73 Å². The number of anilines is 2. The molecule has 6 nitrogen and oxygen atoms in total. The average molecular weight is 380 g/mol. The van der Waals surface area contributed by atoms with Gasteiger partial charge in [-0.3, -0.25) is 9.40 Å². The van der Waals surface area contributed by atoms with E-state index in [1.54, 1.807) is 26.1 Å². The SMILES string of the molecule is Cc1c(S(=O)(=O)Nc2cc(Cl)ccc2Br)c(N)nn1C. The van der Waals surface area contributed by atoms with E-state index in [9.17, 15) is 8.42 Å². The maximum absolute atomic E-state index is 12.4. The van der Waals surface area contributed by atoms with Crippen LogP contribution in [0.25, 0.3) is 0 Å². The van der Waals surface area contributed by atoms with E-state index < -0.39 is 10.0 Å². The highest BCUT2D eigenvalue weighted by atomic mass is 79.9. The van der Waals surface area contributed by atoms with Gasteiger partial charge in [-0.2, -0.15) is 5.10 Å². The number of nitrogen functional groups attached to an aromatic ring is 1. The van der Waals surface area contributed by atoms with Gasteiger partial charge in [0.05, 0.1) is 11.4 Å². The van der Waals surface area contributed by atoms with Crippen LogP contribution in [0.3, 0.4) is 0 Å². The number of nitrogens with one attached hydrogen (secondary N) is 1. The van der Waals surface area contributed by atoms with E-state index in [0.717, 1.165) is 0 Å². The summed E-state index contributed by atoms with van der Waals surface area (Å²) in [5, 5.41) is 4.31. The highest BCUT2D eigenvalue weighted by Crippen LogP contribution is 2.30. The third-order valence-corrected chi connectivity index (χ3v) is 5.20. The Hall–Kier alpha value is -1.25. The molecule has 0 aliphatic rings. The molecule has 0 fully saturated rings. The first-order valence-corrected chi connectivity index (χ1v) is 8.14. The van der Waals surface area contributed by atoms with Gasteiger partial charge in [-0.05, 0) is 41.1 Å². The summed E-state index contributed by atoms with van der Waals surface area (Å²) in [6.07, 6.45) is 0. The Morgan fingerprint density at radius 2 is 2.10 bits per heavy atom. The molecule has 9 heteroatoms. The van der Waals surface area contributed by atoms with Gasteiger partial charge in [0, 0.05) is 16.5 Å². The lowest BCUT2D eigenvalue weighted by Gasteiger charge is -2.10. The van der Waals surface area contributed by atoms with Gasteiger partial charge in [-0.15, -0.1) is 0 Å². The first kappa shape index (κ1) is 15.1. The van der Waals surface area contributed by atoms with Crippen molar-refractivity contribution in [1.82, 2.24) is 9.78 Å². The second-order valence-electron chi connectivity index (χ2n) is 4.15. The minimum Gasteiger partial charge on any atom is -0.381 e. The summed E-state index contributed by atoms with van der Waals surface area (Å²) in [4.78, 5) is -0.0353. The van der Waals surface area contributed by atoms with Crippen LogP contribution in [0.1, 0.15) is 5.69 Å². The summed E-state index contributed by atoms with van der Waals surface area (Å²) in [6, 6.07) is 4.80. The number of nitrogens with zero attached hydrogens (tertiary/aromatic N) is 2. The van der Waals surface area contributed by atoms with Crippen molar-refractivity contribution in [3.05, 3.63) is 33.4 Å². The zero-order valence-electron chi connectivity index (χ0n) is 10.7. The monoisotopic (exact) mass is 378 g/mol. The van der Waals surface area contributed by atoms with Crippen LogP contribution in [0.15, 0.2) is 27.6 Å². The Morgan fingerprint density at radius 1 is 1.45 bits per heavy atom. The number of rotatable bonds is 3. The molecule has 1 heterocycles. The number of halogens is 2. The second kappa shape index (κ2) is 5.27. The van der Waals surface area contributed by atoms with Crippen LogP contribution in [0.5, 0.6) is 0 Å². The topological polar surface area (TPSA) is 90.0 Å². The summed E-state index contributed by atoms with van der Waals surface area (Å²) >= 11 is 9.12. The first-order valence-electron chi connectivity index (χ1n) is 5.49. The fraction of sp³-hybridized carbons (Fsp3) is 0.182. The number of nitrogens with two attached hydrogens (primary N) is 1. The summed E-state index contributed by atoms with van der Waals surface area (Å²) in [5.41, 5.74) is 6.45. The molecule has 3 N–H and O–H groups in total. The summed E-state index contributed by atoms with van der Waals surface area (Å²) in [6.45, 7) is 1.63. The van der Waals surface area contributed by atoms with Gasteiger partial charge in [-0.25, -0.2) is 8.42 Å². The molecule has 2 rings (SSSR count). The second-order valence-corrected chi connectivity index (χ2v) is 7.06. The number of hydrogen-bond acceptors (Lipinski definition) is 4. The van der Waals surface area contributed by atoms with Crippen LogP contribution in [0.4, 0.5) is 11.5 Å². The van der Waals surface area contributed by atoms with Gasteiger partial charge in [0.2, 0.25) is 0 Å². The zero-order valence-corrected chi connectivity index (χ0v) is 13.8. The maximum Gasteiger partial charge on any atom is 0.267 e. The standard InChI is InChI=1S/C11H12BrClN4O2S/c1-6-10(11(14)15-17(6)2)20(18,19)16-9-5-7(13)3-4-8(9)12/h3-5,16H,1-2H3,(H2,14,15). The van der Waals surface area contributed by atoms with Crippen molar-refractivity contribution >= 4 is 49.1 Å². The van der Waals surface area contributed by atoms with Gasteiger partial charge >= 0.3 is 0 Å². The molecule has 2 aromatic rings. The molecule has 0 aliphatic heterocycles. The number of benzene rings is 1. The van der Waals surface area contributed by atoms with E-state index in [2.05, 4.69) is 25.8 Å². The molecule has 1 aromatic heterocycles. The van der Waals surface area contributed by atoms with Crippen molar-refractivity contribution < 1.29 is 8.42 Å². The third-order valence-electron chi connectivity index (χ3n) is 2.75. The Balaban J connectivity index is 2.49. The van der Waals surface area contributed by atoms with Crippen molar-refractivity contribution in [3.63, 3.8) is 0 Å². The number of aromatic nitrogens is 2. The van der Waals surface area contributed by atoms with Crippen LogP contribution < -0.4 is 10.5 Å². The van der Waals surface area contributed by atoms with E-state index in [1.807, 2.05) is 0 Å². The van der Waals surface area contributed by atoms with E-state index in [0.29, 0.717) is 20.9 Å². The molecular formula is C11H12BrClN4O2S. The minimum absolute atomic E-state index is 0.0353. The van der Waals surface area contributed by atoms with Crippen LogP contribution >= 0.6 is 27.5 Å². The normalized spacial score (nSPS) is 11.6. The van der Waals surface area contributed by atoms with Crippen molar-refractivity contribution in [2.24, 2.45) is 7.05 Å². The van der Waals surface area contributed by atoms with E-state index in [1.165, 1.54) is 10.7 Å². The highest BCUT2D eigenvalue weighted by molar-refractivity contribution is 9.10. The average Bonchev–Trinajstić information content (AvgIpc) is 2.58. The number of aryl methyl sites for hydroxylation is 1.